The molecule has 1 unspecified atom stereocenters. The molecule has 1 aliphatic rings. The van der Waals surface area contributed by atoms with E-state index in [4.69, 9.17) is 11.6 Å². The highest BCUT2D eigenvalue weighted by atomic mass is 35.5. The quantitative estimate of drug-likeness (QED) is 0.726. The number of hydrogen-bond acceptors (Lipinski definition) is 2. The Bertz CT molecular complexity index is 537. The number of benzene rings is 1. The zero-order chi connectivity index (χ0) is 17.7. The van der Waals surface area contributed by atoms with Crippen LogP contribution >= 0.6 is 11.6 Å². The Balaban J connectivity index is 2.13. The molecule has 0 saturated carbocycles. The molecule has 0 radical (unpaired) electrons. The van der Waals surface area contributed by atoms with Gasteiger partial charge in [-0.25, -0.2) is 0 Å². The van der Waals surface area contributed by atoms with Gasteiger partial charge in [0.25, 0.3) is 0 Å². The molecule has 0 aromatic heterocycles. The van der Waals surface area contributed by atoms with Crippen molar-refractivity contribution in [3.63, 3.8) is 0 Å². The van der Waals surface area contributed by atoms with Gasteiger partial charge in [0.15, 0.2) is 0 Å². The van der Waals surface area contributed by atoms with E-state index in [9.17, 15) is 5.11 Å². The average molecular weight is 350 g/mol. The first-order valence-corrected chi connectivity index (χ1v) is 9.45. The number of hydrogen-bond donors (Lipinski definition) is 1. The first kappa shape index (κ1) is 19.5. The fourth-order valence-corrected chi connectivity index (χ4v) is 3.81. The molecular weight excluding hydrogens is 318 g/mol. The Labute approximate surface area is 152 Å². The van der Waals surface area contributed by atoms with Crippen molar-refractivity contribution in [2.24, 2.45) is 5.92 Å². The molecule has 3 heteroatoms. The third kappa shape index (κ3) is 5.34. The van der Waals surface area contributed by atoms with Gasteiger partial charge in [0, 0.05) is 17.7 Å². The van der Waals surface area contributed by atoms with Gasteiger partial charge >= 0.3 is 0 Å². The molecule has 0 amide bonds. The molecule has 0 aliphatic carbocycles. The van der Waals surface area contributed by atoms with Crippen molar-refractivity contribution < 1.29 is 5.11 Å². The van der Waals surface area contributed by atoms with Crippen molar-refractivity contribution in [3.05, 3.63) is 46.5 Å². The summed E-state index contributed by atoms with van der Waals surface area (Å²) in [4.78, 5) is 2.59. The zero-order valence-electron chi connectivity index (χ0n) is 15.6. The van der Waals surface area contributed by atoms with Crippen molar-refractivity contribution in [1.82, 2.24) is 4.90 Å². The molecule has 134 valence electrons. The first-order valence-electron chi connectivity index (χ1n) is 9.08. The Morgan fingerprint density at radius 2 is 1.83 bits per heavy atom. The molecule has 1 fully saturated rings. The third-order valence-electron chi connectivity index (χ3n) is 5.25. The predicted octanol–water partition coefficient (Wildman–Crippen LogP) is 5.05. The van der Waals surface area contributed by atoms with Crippen LogP contribution in [0.2, 0.25) is 5.02 Å². The molecule has 1 aromatic carbocycles. The number of rotatable bonds is 6. The number of nitrogens with zero attached hydrogens (tertiary/aromatic N) is 1. The Morgan fingerprint density at radius 3 is 2.33 bits per heavy atom. The minimum atomic E-state index is 0.0923. The van der Waals surface area contributed by atoms with E-state index >= 15 is 0 Å². The Hall–Kier alpha value is -0.830. The number of aliphatic hydroxyl groups excluding tert-OH is 1. The van der Waals surface area contributed by atoms with Crippen LogP contribution in [0.4, 0.5) is 0 Å². The maximum absolute atomic E-state index is 9.38. The van der Waals surface area contributed by atoms with E-state index in [1.54, 1.807) is 0 Å². The number of allylic oxidation sites excluding steroid dienone is 1. The van der Waals surface area contributed by atoms with Crippen LogP contribution in [0.3, 0.4) is 0 Å². The van der Waals surface area contributed by atoms with Crippen LogP contribution in [0.25, 0.3) is 0 Å². The van der Waals surface area contributed by atoms with Gasteiger partial charge in [-0.2, -0.15) is 0 Å². The van der Waals surface area contributed by atoms with Crippen LogP contribution in [0, 0.1) is 5.92 Å². The van der Waals surface area contributed by atoms with Gasteiger partial charge in [-0.1, -0.05) is 49.2 Å². The lowest BCUT2D eigenvalue weighted by atomic mass is 9.78. The Kier molecular flexibility index (Phi) is 6.91. The predicted molar refractivity (Wildman–Crippen MR) is 104 cm³/mol. The molecule has 2 nitrogen and oxygen atoms in total. The van der Waals surface area contributed by atoms with E-state index in [0.717, 1.165) is 37.4 Å². The topological polar surface area (TPSA) is 23.5 Å². The molecule has 1 atom stereocenters. The monoisotopic (exact) mass is 349 g/mol. The zero-order valence-corrected chi connectivity index (χ0v) is 16.3. The summed E-state index contributed by atoms with van der Waals surface area (Å²) in [6.07, 6.45) is 5.70. The second-order valence-corrected chi connectivity index (χ2v) is 8.50. The van der Waals surface area contributed by atoms with Gasteiger partial charge in [-0.15, -0.1) is 0 Å². The first-order chi connectivity index (χ1) is 11.3. The fourth-order valence-electron chi connectivity index (χ4n) is 3.69. The van der Waals surface area contributed by atoms with E-state index in [0.29, 0.717) is 18.6 Å². The van der Waals surface area contributed by atoms with Gasteiger partial charge < -0.3 is 5.11 Å². The molecule has 0 bridgehead atoms. The summed E-state index contributed by atoms with van der Waals surface area (Å²) in [6.45, 7) is 11.5. The minimum Gasteiger partial charge on any atom is -0.396 e. The smallest absolute Gasteiger partial charge is 0.0460 e. The Morgan fingerprint density at radius 1 is 1.25 bits per heavy atom. The molecule has 1 heterocycles. The highest BCUT2D eigenvalue weighted by molar-refractivity contribution is 6.30. The lowest BCUT2D eigenvalue weighted by molar-refractivity contribution is 0.104. The summed E-state index contributed by atoms with van der Waals surface area (Å²) in [5.41, 5.74) is 2.80. The van der Waals surface area contributed by atoms with Crippen molar-refractivity contribution in [2.75, 3.05) is 19.7 Å². The van der Waals surface area contributed by atoms with Crippen LogP contribution in [0.5, 0.6) is 0 Å². The van der Waals surface area contributed by atoms with Crippen LogP contribution in [-0.2, 0) is 5.41 Å². The van der Waals surface area contributed by atoms with E-state index in [1.807, 2.05) is 12.1 Å². The molecule has 1 saturated heterocycles. The molecule has 2 rings (SSSR count). The lowest BCUT2D eigenvalue weighted by Gasteiger charge is -2.40. The van der Waals surface area contributed by atoms with Crippen molar-refractivity contribution >= 4 is 11.6 Å². The highest BCUT2D eigenvalue weighted by Gasteiger charge is 2.30. The van der Waals surface area contributed by atoms with Crippen LogP contribution < -0.4 is 0 Å². The number of piperidine rings is 1. The van der Waals surface area contributed by atoms with E-state index in [2.05, 4.69) is 50.8 Å². The van der Waals surface area contributed by atoms with Crippen LogP contribution in [0.1, 0.15) is 52.5 Å². The van der Waals surface area contributed by atoms with E-state index in [-0.39, 0.29) is 5.41 Å². The molecule has 1 N–H and O–H groups in total. The second kappa shape index (κ2) is 8.51. The summed E-state index contributed by atoms with van der Waals surface area (Å²) in [7, 11) is 0. The van der Waals surface area contributed by atoms with Crippen LogP contribution in [-0.4, -0.2) is 35.7 Å². The SMILES string of the molecule is CC(C)=CC(CC(C)(C)c1ccc(Cl)cc1)N1CCC(CO)CC1. The summed E-state index contributed by atoms with van der Waals surface area (Å²) < 4.78 is 0. The molecule has 0 spiro atoms. The van der Waals surface area contributed by atoms with Gasteiger partial charge in [0.1, 0.15) is 0 Å². The standard InChI is InChI=1S/C21H32ClNO/c1-16(2)13-20(23-11-9-17(15-24)10-12-23)14-21(3,4)18-5-7-19(22)8-6-18/h5-8,13,17,20,24H,9-12,14-15H2,1-4H3. The summed E-state index contributed by atoms with van der Waals surface area (Å²) in [5.74, 6) is 0.484. The van der Waals surface area contributed by atoms with Crippen molar-refractivity contribution in [1.29, 1.82) is 0 Å². The molecule has 1 aliphatic heterocycles. The van der Waals surface area contributed by atoms with Crippen molar-refractivity contribution in [3.8, 4) is 0 Å². The molecular formula is C21H32ClNO. The molecule has 1 aromatic rings. The van der Waals surface area contributed by atoms with Gasteiger partial charge in [-0.05, 0) is 75.2 Å². The maximum Gasteiger partial charge on any atom is 0.0460 e. The maximum atomic E-state index is 9.38. The summed E-state index contributed by atoms with van der Waals surface area (Å²) >= 11 is 6.05. The van der Waals surface area contributed by atoms with Gasteiger partial charge in [-0.3, -0.25) is 4.90 Å². The summed E-state index contributed by atoms with van der Waals surface area (Å²) in [5, 5.41) is 10.2. The molecule has 24 heavy (non-hydrogen) atoms. The van der Waals surface area contributed by atoms with E-state index < -0.39 is 0 Å². The second-order valence-electron chi connectivity index (χ2n) is 8.07. The third-order valence-corrected chi connectivity index (χ3v) is 5.50. The van der Waals surface area contributed by atoms with Crippen LogP contribution in [0.15, 0.2) is 35.9 Å². The highest BCUT2D eigenvalue weighted by Crippen LogP contribution is 2.33. The van der Waals surface area contributed by atoms with E-state index in [1.165, 1.54) is 11.1 Å². The normalized spacial score (nSPS) is 18.4. The number of likely N-dealkylation sites (tertiary alicyclic amines) is 1. The minimum absolute atomic E-state index is 0.0923. The fraction of sp³-hybridized carbons (Fsp3) is 0.619. The average Bonchev–Trinajstić information content (AvgIpc) is 2.54. The largest absolute Gasteiger partial charge is 0.396 e. The van der Waals surface area contributed by atoms with Gasteiger partial charge in [0.05, 0.1) is 0 Å². The summed E-state index contributed by atoms with van der Waals surface area (Å²) in [6, 6.07) is 8.72. The number of halogens is 1. The lowest BCUT2D eigenvalue weighted by Crippen LogP contribution is -2.43. The van der Waals surface area contributed by atoms with Crippen molar-refractivity contribution in [2.45, 2.75) is 58.4 Å². The number of aliphatic hydroxyl groups is 1. The van der Waals surface area contributed by atoms with Gasteiger partial charge in [0.2, 0.25) is 0 Å².